The van der Waals surface area contributed by atoms with Crippen LogP contribution >= 0.6 is 0 Å². The standard InChI is InChI=1S/C17H15N3O/c1-12-7-8-15(18)14(11-12)17(21)16-9-10-19-20(16)13-5-3-2-4-6-13/h2-11H,18H2,1H3. The summed E-state index contributed by atoms with van der Waals surface area (Å²) in [4.78, 5) is 12.7. The van der Waals surface area contributed by atoms with E-state index in [2.05, 4.69) is 5.10 Å². The van der Waals surface area contributed by atoms with Gasteiger partial charge in [0, 0.05) is 11.3 Å². The summed E-state index contributed by atoms with van der Waals surface area (Å²) in [6.45, 7) is 1.94. The molecular weight excluding hydrogens is 262 g/mol. The fraction of sp³-hybridized carbons (Fsp3) is 0.0588. The Bertz CT molecular complexity index is 791. The monoisotopic (exact) mass is 277 g/mol. The van der Waals surface area contributed by atoms with Crippen molar-refractivity contribution in [2.24, 2.45) is 0 Å². The van der Waals surface area contributed by atoms with Crippen LogP contribution in [0.25, 0.3) is 5.69 Å². The second-order valence-corrected chi connectivity index (χ2v) is 4.88. The third kappa shape index (κ3) is 2.43. The molecule has 0 aliphatic rings. The summed E-state index contributed by atoms with van der Waals surface area (Å²) in [7, 11) is 0. The molecule has 1 aromatic heterocycles. The lowest BCUT2D eigenvalue weighted by Crippen LogP contribution is -2.12. The number of carbonyl (C=O) groups excluding carboxylic acids is 1. The van der Waals surface area contributed by atoms with E-state index < -0.39 is 0 Å². The van der Waals surface area contributed by atoms with Crippen molar-refractivity contribution in [2.45, 2.75) is 6.92 Å². The average molecular weight is 277 g/mol. The number of carbonyl (C=O) groups is 1. The normalized spacial score (nSPS) is 10.5. The molecule has 0 aliphatic heterocycles. The number of rotatable bonds is 3. The molecule has 2 N–H and O–H groups in total. The molecule has 104 valence electrons. The van der Waals surface area contributed by atoms with Gasteiger partial charge in [-0.25, -0.2) is 4.68 Å². The highest BCUT2D eigenvalue weighted by molar-refractivity contribution is 6.11. The van der Waals surface area contributed by atoms with Crippen LogP contribution in [0.1, 0.15) is 21.6 Å². The number of anilines is 1. The van der Waals surface area contributed by atoms with Crippen LogP contribution in [0.15, 0.2) is 60.8 Å². The van der Waals surface area contributed by atoms with Crippen molar-refractivity contribution in [1.29, 1.82) is 0 Å². The summed E-state index contributed by atoms with van der Waals surface area (Å²) in [5.74, 6) is -0.127. The minimum atomic E-state index is -0.127. The minimum Gasteiger partial charge on any atom is -0.398 e. The molecule has 4 heteroatoms. The van der Waals surface area contributed by atoms with Gasteiger partial charge in [-0.3, -0.25) is 4.79 Å². The minimum absolute atomic E-state index is 0.127. The van der Waals surface area contributed by atoms with Crippen LogP contribution in [0.2, 0.25) is 0 Å². The van der Waals surface area contributed by atoms with Gasteiger partial charge < -0.3 is 5.73 Å². The topological polar surface area (TPSA) is 60.9 Å². The Hall–Kier alpha value is -2.88. The summed E-state index contributed by atoms with van der Waals surface area (Å²) in [6, 6.07) is 16.7. The molecule has 3 aromatic rings. The maximum atomic E-state index is 12.7. The zero-order valence-corrected chi connectivity index (χ0v) is 11.7. The van der Waals surface area contributed by atoms with E-state index in [1.165, 1.54) is 0 Å². The van der Waals surface area contributed by atoms with Crippen LogP contribution in [0, 0.1) is 6.92 Å². The third-order valence-corrected chi connectivity index (χ3v) is 3.33. The molecule has 0 bridgehead atoms. The first-order valence-electron chi connectivity index (χ1n) is 6.67. The summed E-state index contributed by atoms with van der Waals surface area (Å²) >= 11 is 0. The predicted molar refractivity (Wildman–Crippen MR) is 82.6 cm³/mol. The number of nitrogen functional groups attached to an aromatic ring is 1. The molecule has 0 amide bonds. The molecule has 21 heavy (non-hydrogen) atoms. The Morgan fingerprint density at radius 2 is 1.86 bits per heavy atom. The van der Waals surface area contributed by atoms with Crippen LogP contribution in [0.5, 0.6) is 0 Å². The van der Waals surface area contributed by atoms with Crippen molar-refractivity contribution in [3.05, 3.63) is 77.6 Å². The molecule has 0 saturated carbocycles. The first-order valence-corrected chi connectivity index (χ1v) is 6.67. The lowest BCUT2D eigenvalue weighted by atomic mass is 10.0. The van der Waals surface area contributed by atoms with Crippen LogP contribution in [0.3, 0.4) is 0 Å². The molecule has 1 heterocycles. The highest BCUT2D eigenvalue weighted by Gasteiger charge is 2.17. The Morgan fingerprint density at radius 1 is 1.10 bits per heavy atom. The summed E-state index contributed by atoms with van der Waals surface area (Å²) < 4.78 is 1.63. The van der Waals surface area contributed by atoms with Gasteiger partial charge in [-0.05, 0) is 37.3 Å². The van der Waals surface area contributed by atoms with Crippen molar-refractivity contribution in [1.82, 2.24) is 9.78 Å². The molecule has 0 radical (unpaired) electrons. The predicted octanol–water partition coefficient (Wildman–Crippen LogP) is 2.99. The van der Waals surface area contributed by atoms with Gasteiger partial charge in [-0.2, -0.15) is 5.10 Å². The van der Waals surface area contributed by atoms with Gasteiger partial charge in [0.2, 0.25) is 5.78 Å². The van der Waals surface area contributed by atoms with E-state index in [1.54, 1.807) is 29.1 Å². The fourth-order valence-corrected chi connectivity index (χ4v) is 2.25. The van der Waals surface area contributed by atoms with Gasteiger partial charge >= 0.3 is 0 Å². The van der Waals surface area contributed by atoms with Gasteiger partial charge in [0.1, 0.15) is 5.69 Å². The largest absolute Gasteiger partial charge is 0.398 e. The number of benzene rings is 2. The Morgan fingerprint density at radius 3 is 2.62 bits per heavy atom. The van der Waals surface area contributed by atoms with E-state index in [9.17, 15) is 4.79 Å². The van der Waals surface area contributed by atoms with E-state index in [1.807, 2.05) is 43.3 Å². The second kappa shape index (κ2) is 5.25. The molecule has 0 unspecified atom stereocenters. The number of hydrogen-bond acceptors (Lipinski definition) is 3. The number of para-hydroxylation sites is 1. The maximum Gasteiger partial charge on any atom is 0.213 e. The van der Waals surface area contributed by atoms with Gasteiger partial charge in [-0.1, -0.05) is 29.8 Å². The van der Waals surface area contributed by atoms with Crippen molar-refractivity contribution in [3.8, 4) is 5.69 Å². The summed E-state index contributed by atoms with van der Waals surface area (Å²) in [5, 5.41) is 4.24. The Balaban J connectivity index is 2.08. The number of aromatic nitrogens is 2. The number of nitrogens with two attached hydrogens (primary N) is 1. The molecular formula is C17H15N3O. The first kappa shape index (κ1) is 13.1. The average Bonchev–Trinajstić information content (AvgIpc) is 2.99. The second-order valence-electron chi connectivity index (χ2n) is 4.88. The SMILES string of the molecule is Cc1ccc(N)c(C(=O)c2ccnn2-c2ccccc2)c1. The number of aryl methyl sites for hydroxylation is 1. The van der Waals surface area contributed by atoms with E-state index in [0.29, 0.717) is 16.9 Å². The smallest absolute Gasteiger partial charge is 0.213 e. The number of ketones is 1. The van der Waals surface area contributed by atoms with Crippen molar-refractivity contribution >= 4 is 11.5 Å². The number of hydrogen-bond donors (Lipinski definition) is 1. The van der Waals surface area contributed by atoms with E-state index in [-0.39, 0.29) is 5.78 Å². The summed E-state index contributed by atoms with van der Waals surface area (Å²) in [6.07, 6.45) is 1.62. The molecule has 0 saturated heterocycles. The fourth-order valence-electron chi connectivity index (χ4n) is 2.25. The van der Waals surface area contributed by atoms with Crippen molar-refractivity contribution < 1.29 is 4.79 Å². The molecule has 4 nitrogen and oxygen atoms in total. The van der Waals surface area contributed by atoms with Gasteiger partial charge in [0.15, 0.2) is 0 Å². The quantitative estimate of drug-likeness (QED) is 0.591. The van der Waals surface area contributed by atoms with E-state index in [4.69, 9.17) is 5.73 Å². The molecule has 3 rings (SSSR count). The molecule has 0 aliphatic carbocycles. The maximum absolute atomic E-state index is 12.7. The number of nitrogens with zero attached hydrogens (tertiary/aromatic N) is 2. The molecule has 0 atom stereocenters. The van der Waals surface area contributed by atoms with Crippen LogP contribution < -0.4 is 5.73 Å². The highest BCUT2D eigenvalue weighted by atomic mass is 16.1. The zero-order valence-electron chi connectivity index (χ0n) is 11.7. The van der Waals surface area contributed by atoms with Crippen LogP contribution in [-0.2, 0) is 0 Å². The van der Waals surface area contributed by atoms with E-state index in [0.717, 1.165) is 11.3 Å². The van der Waals surface area contributed by atoms with Gasteiger partial charge in [0.25, 0.3) is 0 Å². The van der Waals surface area contributed by atoms with Crippen LogP contribution in [0.4, 0.5) is 5.69 Å². The van der Waals surface area contributed by atoms with Crippen molar-refractivity contribution in [2.75, 3.05) is 5.73 Å². The van der Waals surface area contributed by atoms with E-state index >= 15 is 0 Å². The summed E-state index contributed by atoms with van der Waals surface area (Å²) in [5.41, 5.74) is 9.26. The third-order valence-electron chi connectivity index (χ3n) is 3.33. The molecule has 2 aromatic carbocycles. The first-order chi connectivity index (χ1) is 10.2. The lowest BCUT2D eigenvalue weighted by molar-refractivity contribution is 0.103. The molecule has 0 fully saturated rings. The molecule has 0 spiro atoms. The van der Waals surface area contributed by atoms with Crippen molar-refractivity contribution in [3.63, 3.8) is 0 Å². The highest BCUT2D eigenvalue weighted by Crippen LogP contribution is 2.20. The zero-order chi connectivity index (χ0) is 14.8. The van der Waals surface area contributed by atoms with Gasteiger partial charge in [0.05, 0.1) is 11.9 Å². The van der Waals surface area contributed by atoms with Gasteiger partial charge in [-0.15, -0.1) is 0 Å². The Labute approximate surface area is 122 Å². The Kier molecular flexibility index (Phi) is 3.28. The van der Waals surface area contributed by atoms with Crippen LogP contribution in [-0.4, -0.2) is 15.6 Å². The lowest BCUT2D eigenvalue weighted by Gasteiger charge is -2.09.